The molecule has 1 amide bonds. The van der Waals surface area contributed by atoms with E-state index in [0.717, 1.165) is 71.1 Å². The first kappa shape index (κ1) is 17.1. The fourth-order valence-electron chi connectivity index (χ4n) is 3.13. The van der Waals surface area contributed by atoms with E-state index >= 15 is 0 Å². The summed E-state index contributed by atoms with van der Waals surface area (Å²) in [7, 11) is 0. The molecule has 2 saturated heterocycles. The summed E-state index contributed by atoms with van der Waals surface area (Å²) in [4.78, 5) is 25.4. The van der Waals surface area contributed by atoms with Gasteiger partial charge in [-0.3, -0.25) is 9.69 Å². The van der Waals surface area contributed by atoms with Crippen molar-refractivity contribution in [2.75, 3.05) is 57.8 Å². The molecule has 1 aromatic rings. The second kappa shape index (κ2) is 8.94. The number of anilines is 1. The van der Waals surface area contributed by atoms with Crippen molar-refractivity contribution < 1.29 is 9.53 Å². The van der Waals surface area contributed by atoms with E-state index < -0.39 is 0 Å². The third kappa shape index (κ3) is 4.88. The van der Waals surface area contributed by atoms with Crippen molar-refractivity contribution in [3.8, 4) is 0 Å². The number of morpholine rings is 1. The van der Waals surface area contributed by atoms with Crippen LogP contribution in [0.2, 0.25) is 0 Å². The molecule has 3 rings (SSSR count). The molecule has 1 N–H and O–H groups in total. The van der Waals surface area contributed by atoms with Gasteiger partial charge < -0.3 is 15.0 Å². The minimum absolute atomic E-state index is 0.00395. The van der Waals surface area contributed by atoms with E-state index in [1.54, 1.807) is 12.4 Å². The molecule has 2 aliphatic rings. The molecule has 0 aromatic carbocycles. The molecule has 0 saturated carbocycles. The topological polar surface area (TPSA) is 70.6 Å². The molecule has 7 heteroatoms. The first-order valence-corrected chi connectivity index (χ1v) is 8.98. The smallest absolute Gasteiger partial charge is 0.274 e. The lowest BCUT2D eigenvalue weighted by molar-refractivity contribution is 0.0398. The van der Waals surface area contributed by atoms with Crippen LogP contribution >= 0.6 is 0 Å². The summed E-state index contributed by atoms with van der Waals surface area (Å²) in [6.45, 7) is 7.03. The van der Waals surface area contributed by atoms with Gasteiger partial charge >= 0.3 is 0 Å². The van der Waals surface area contributed by atoms with Crippen LogP contribution in [0.25, 0.3) is 0 Å². The maximum Gasteiger partial charge on any atom is 0.274 e. The molecule has 0 radical (unpaired) electrons. The SMILES string of the molecule is O=C(c1cnc(NCCN2CCOCC2)cn1)N1CCCCCC1. The van der Waals surface area contributed by atoms with Crippen molar-refractivity contribution in [2.45, 2.75) is 25.7 Å². The summed E-state index contributed by atoms with van der Waals surface area (Å²) < 4.78 is 5.34. The number of hydrogen-bond donors (Lipinski definition) is 1. The summed E-state index contributed by atoms with van der Waals surface area (Å²) in [5, 5.41) is 3.27. The monoisotopic (exact) mass is 333 g/mol. The van der Waals surface area contributed by atoms with Crippen molar-refractivity contribution >= 4 is 11.7 Å². The first-order chi connectivity index (χ1) is 11.8. The zero-order valence-electron chi connectivity index (χ0n) is 14.2. The van der Waals surface area contributed by atoms with Crippen molar-refractivity contribution in [1.29, 1.82) is 0 Å². The Hall–Kier alpha value is -1.73. The Morgan fingerprint density at radius 2 is 1.79 bits per heavy atom. The molecule has 0 bridgehead atoms. The van der Waals surface area contributed by atoms with Gasteiger partial charge in [0.05, 0.1) is 25.6 Å². The van der Waals surface area contributed by atoms with Crippen LogP contribution in [-0.4, -0.2) is 78.2 Å². The molecule has 3 heterocycles. The third-order valence-corrected chi connectivity index (χ3v) is 4.60. The van der Waals surface area contributed by atoms with Gasteiger partial charge in [0.1, 0.15) is 11.5 Å². The normalized spacial score (nSPS) is 19.8. The van der Waals surface area contributed by atoms with Crippen LogP contribution in [0.4, 0.5) is 5.82 Å². The largest absolute Gasteiger partial charge is 0.379 e. The van der Waals surface area contributed by atoms with Crippen molar-refractivity contribution in [3.63, 3.8) is 0 Å². The molecule has 2 fully saturated rings. The molecule has 2 aliphatic heterocycles. The van der Waals surface area contributed by atoms with Gasteiger partial charge in [0.15, 0.2) is 0 Å². The molecular formula is C17H27N5O2. The zero-order valence-corrected chi connectivity index (χ0v) is 14.2. The fourth-order valence-corrected chi connectivity index (χ4v) is 3.13. The Morgan fingerprint density at radius 1 is 1.04 bits per heavy atom. The molecule has 7 nitrogen and oxygen atoms in total. The highest BCUT2D eigenvalue weighted by molar-refractivity contribution is 5.92. The number of carbonyl (C=O) groups excluding carboxylic acids is 1. The van der Waals surface area contributed by atoms with E-state index in [-0.39, 0.29) is 5.91 Å². The quantitative estimate of drug-likeness (QED) is 0.874. The van der Waals surface area contributed by atoms with Crippen molar-refractivity contribution in [3.05, 3.63) is 18.1 Å². The van der Waals surface area contributed by atoms with E-state index in [2.05, 4.69) is 20.2 Å². The molecule has 0 unspecified atom stereocenters. The Morgan fingerprint density at radius 3 is 2.46 bits per heavy atom. The zero-order chi connectivity index (χ0) is 16.6. The van der Waals surface area contributed by atoms with E-state index in [1.165, 1.54) is 12.8 Å². The molecular weight excluding hydrogens is 306 g/mol. The summed E-state index contributed by atoms with van der Waals surface area (Å²) in [6, 6.07) is 0. The molecule has 0 spiro atoms. The Labute approximate surface area is 143 Å². The van der Waals surface area contributed by atoms with Crippen molar-refractivity contribution in [1.82, 2.24) is 19.8 Å². The lowest BCUT2D eigenvalue weighted by atomic mass is 10.2. The highest BCUT2D eigenvalue weighted by Crippen LogP contribution is 2.12. The molecule has 24 heavy (non-hydrogen) atoms. The number of rotatable bonds is 5. The Kier molecular flexibility index (Phi) is 6.37. The Bertz CT molecular complexity index is 508. The lowest BCUT2D eigenvalue weighted by Gasteiger charge is -2.26. The second-order valence-corrected chi connectivity index (χ2v) is 6.37. The number of likely N-dealkylation sites (tertiary alicyclic amines) is 1. The summed E-state index contributed by atoms with van der Waals surface area (Å²) in [5.74, 6) is 0.722. The van der Waals surface area contributed by atoms with E-state index in [1.807, 2.05) is 4.90 Å². The third-order valence-electron chi connectivity index (χ3n) is 4.60. The van der Waals surface area contributed by atoms with Gasteiger partial charge in [0.25, 0.3) is 5.91 Å². The molecule has 132 valence electrons. The minimum atomic E-state index is 0.00395. The van der Waals surface area contributed by atoms with E-state index in [9.17, 15) is 4.79 Å². The van der Waals surface area contributed by atoms with Crippen molar-refractivity contribution in [2.24, 2.45) is 0 Å². The Balaban J connectivity index is 1.46. The van der Waals surface area contributed by atoms with Crippen LogP contribution in [0.1, 0.15) is 36.2 Å². The number of amides is 1. The van der Waals surface area contributed by atoms with Crippen LogP contribution in [0.15, 0.2) is 12.4 Å². The predicted molar refractivity (Wildman–Crippen MR) is 92.2 cm³/mol. The highest BCUT2D eigenvalue weighted by Gasteiger charge is 2.18. The second-order valence-electron chi connectivity index (χ2n) is 6.37. The average molecular weight is 333 g/mol. The number of aromatic nitrogens is 2. The maximum absolute atomic E-state index is 12.5. The highest BCUT2D eigenvalue weighted by atomic mass is 16.5. The van der Waals surface area contributed by atoms with Crippen LogP contribution < -0.4 is 5.32 Å². The van der Waals surface area contributed by atoms with Gasteiger partial charge in [-0.1, -0.05) is 12.8 Å². The number of ether oxygens (including phenoxy) is 1. The fraction of sp³-hybridized carbons (Fsp3) is 0.706. The van der Waals surface area contributed by atoms with Crippen LogP contribution in [0, 0.1) is 0 Å². The number of nitrogens with zero attached hydrogens (tertiary/aromatic N) is 4. The van der Waals surface area contributed by atoms with E-state index in [4.69, 9.17) is 4.74 Å². The first-order valence-electron chi connectivity index (χ1n) is 8.98. The molecule has 1 aromatic heterocycles. The minimum Gasteiger partial charge on any atom is -0.379 e. The van der Waals surface area contributed by atoms with E-state index in [0.29, 0.717) is 5.69 Å². The summed E-state index contributed by atoms with van der Waals surface area (Å²) >= 11 is 0. The number of nitrogens with one attached hydrogen (secondary N) is 1. The van der Waals surface area contributed by atoms with Gasteiger partial charge in [-0.15, -0.1) is 0 Å². The van der Waals surface area contributed by atoms with Crippen LogP contribution in [0.3, 0.4) is 0 Å². The average Bonchev–Trinajstić information content (AvgIpc) is 2.92. The number of carbonyl (C=O) groups is 1. The van der Waals surface area contributed by atoms with Crippen LogP contribution in [-0.2, 0) is 4.74 Å². The van der Waals surface area contributed by atoms with Crippen LogP contribution in [0.5, 0.6) is 0 Å². The lowest BCUT2D eigenvalue weighted by Crippen LogP contribution is -2.39. The van der Waals surface area contributed by atoms with Gasteiger partial charge in [0.2, 0.25) is 0 Å². The predicted octanol–water partition coefficient (Wildman–Crippen LogP) is 1.24. The molecule has 0 atom stereocenters. The number of hydrogen-bond acceptors (Lipinski definition) is 6. The summed E-state index contributed by atoms with van der Waals surface area (Å²) in [5.41, 5.74) is 0.440. The molecule has 0 aliphatic carbocycles. The van der Waals surface area contributed by atoms with Gasteiger partial charge in [-0.05, 0) is 12.8 Å². The summed E-state index contributed by atoms with van der Waals surface area (Å²) in [6.07, 6.45) is 7.83. The van der Waals surface area contributed by atoms with Gasteiger partial charge in [-0.2, -0.15) is 0 Å². The maximum atomic E-state index is 12.5. The standard InChI is InChI=1S/C17H27N5O2/c23-17(22-6-3-1-2-4-7-22)15-13-20-16(14-19-15)18-5-8-21-9-11-24-12-10-21/h13-14H,1-12H2,(H,18,20). The van der Waals surface area contributed by atoms with Gasteiger partial charge in [0, 0.05) is 39.3 Å². The van der Waals surface area contributed by atoms with Gasteiger partial charge in [-0.25, -0.2) is 9.97 Å².